The number of methoxy groups -OCH3 is 1. The van der Waals surface area contributed by atoms with Gasteiger partial charge in [0.1, 0.15) is 11.5 Å². The summed E-state index contributed by atoms with van der Waals surface area (Å²) in [5.74, 6) is 0.873. The van der Waals surface area contributed by atoms with Gasteiger partial charge in [0, 0.05) is 34.8 Å². The van der Waals surface area contributed by atoms with Crippen LogP contribution in [0.25, 0.3) is 22.7 Å². The first kappa shape index (κ1) is 20.3. The van der Waals surface area contributed by atoms with Crippen molar-refractivity contribution in [1.82, 2.24) is 4.57 Å². The summed E-state index contributed by atoms with van der Waals surface area (Å²) in [5, 5.41) is 10.5. The Morgan fingerprint density at radius 2 is 1.79 bits per heavy atom. The number of benzene rings is 3. The molecule has 5 heteroatoms. The highest BCUT2D eigenvalue weighted by Gasteiger charge is 2.22. The fourth-order valence-corrected chi connectivity index (χ4v) is 4.03. The average Bonchev–Trinajstić information content (AvgIpc) is 3.40. The van der Waals surface area contributed by atoms with Crippen LogP contribution < -0.4 is 4.74 Å². The van der Waals surface area contributed by atoms with Gasteiger partial charge < -0.3 is 14.0 Å². The van der Waals surface area contributed by atoms with Crippen molar-refractivity contribution >= 4 is 28.7 Å². The number of nitriles is 1. The van der Waals surface area contributed by atoms with E-state index in [1.807, 2.05) is 85.1 Å². The Kier molecular flexibility index (Phi) is 5.26. The lowest BCUT2D eigenvalue weighted by molar-refractivity contribution is -0.130. The molecule has 0 amide bonds. The Morgan fingerprint density at radius 3 is 2.58 bits per heavy atom. The van der Waals surface area contributed by atoms with Crippen LogP contribution in [-0.4, -0.2) is 17.6 Å². The van der Waals surface area contributed by atoms with Crippen LogP contribution in [0.4, 0.5) is 0 Å². The first-order valence-corrected chi connectivity index (χ1v) is 10.5. The number of carbonyl (C=O) groups is 1. The zero-order chi connectivity index (χ0) is 22.8. The summed E-state index contributed by atoms with van der Waals surface area (Å²) in [5.41, 5.74) is 4.84. The van der Waals surface area contributed by atoms with E-state index in [1.54, 1.807) is 13.2 Å². The molecule has 0 radical (unpaired) electrons. The molecule has 0 aliphatic carbocycles. The fourth-order valence-electron chi connectivity index (χ4n) is 4.03. The third kappa shape index (κ3) is 3.90. The molecule has 4 aromatic rings. The number of ether oxygens (including phenoxy) is 2. The van der Waals surface area contributed by atoms with Crippen molar-refractivity contribution in [3.8, 4) is 11.8 Å². The van der Waals surface area contributed by atoms with Gasteiger partial charge in [-0.05, 0) is 54.1 Å². The summed E-state index contributed by atoms with van der Waals surface area (Å²) in [7, 11) is 1.61. The number of aromatic nitrogens is 1. The topological polar surface area (TPSA) is 64.2 Å². The number of rotatable bonds is 5. The highest BCUT2D eigenvalue weighted by Crippen LogP contribution is 2.31. The zero-order valence-electron chi connectivity index (χ0n) is 18.0. The average molecular weight is 432 g/mol. The lowest BCUT2D eigenvalue weighted by Crippen LogP contribution is -2.00. The van der Waals surface area contributed by atoms with Gasteiger partial charge in [-0.25, -0.2) is 4.79 Å². The maximum Gasteiger partial charge on any atom is 0.343 e. The minimum Gasteiger partial charge on any atom is -0.497 e. The minimum atomic E-state index is -0.382. The molecule has 0 unspecified atom stereocenters. The van der Waals surface area contributed by atoms with Gasteiger partial charge in [-0.1, -0.05) is 36.4 Å². The Bertz CT molecular complexity index is 1470. The van der Waals surface area contributed by atoms with Crippen LogP contribution in [0.2, 0.25) is 0 Å². The van der Waals surface area contributed by atoms with E-state index in [9.17, 15) is 10.1 Å². The molecule has 0 spiro atoms. The van der Waals surface area contributed by atoms with Crippen LogP contribution in [0.3, 0.4) is 0 Å². The lowest BCUT2D eigenvalue weighted by Gasteiger charge is -2.07. The smallest absolute Gasteiger partial charge is 0.343 e. The minimum absolute atomic E-state index is 0.382. The highest BCUT2D eigenvalue weighted by atomic mass is 16.5. The Labute approximate surface area is 191 Å². The summed E-state index contributed by atoms with van der Waals surface area (Å²) in [6, 6.07) is 25.3. The summed E-state index contributed by atoms with van der Waals surface area (Å²) in [6.07, 6.45) is 5.63. The summed E-state index contributed by atoms with van der Waals surface area (Å²) < 4.78 is 12.8. The molecule has 0 N–H and O–H groups in total. The van der Waals surface area contributed by atoms with Crippen LogP contribution in [0.15, 0.2) is 90.6 Å². The van der Waals surface area contributed by atoms with Crippen LogP contribution >= 0.6 is 0 Å². The Hall–Kier alpha value is -4.56. The van der Waals surface area contributed by atoms with E-state index in [0.29, 0.717) is 23.4 Å². The molecular weight excluding hydrogens is 412 g/mol. The van der Waals surface area contributed by atoms with Crippen molar-refractivity contribution in [1.29, 1.82) is 5.26 Å². The third-order valence-electron chi connectivity index (χ3n) is 5.71. The van der Waals surface area contributed by atoms with Gasteiger partial charge in [-0.2, -0.15) is 5.26 Å². The van der Waals surface area contributed by atoms with E-state index in [4.69, 9.17) is 9.47 Å². The van der Waals surface area contributed by atoms with Gasteiger partial charge in [-0.15, -0.1) is 0 Å². The number of carbonyl (C=O) groups excluding carboxylic acids is 1. The Morgan fingerprint density at radius 1 is 1.03 bits per heavy atom. The van der Waals surface area contributed by atoms with Crippen LogP contribution in [-0.2, 0) is 16.1 Å². The monoisotopic (exact) mass is 432 g/mol. The Balaban J connectivity index is 1.53. The van der Waals surface area contributed by atoms with Crippen molar-refractivity contribution in [2.45, 2.75) is 6.54 Å². The van der Waals surface area contributed by atoms with E-state index >= 15 is 0 Å². The molecule has 160 valence electrons. The molecule has 33 heavy (non-hydrogen) atoms. The van der Waals surface area contributed by atoms with E-state index in [0.717, 1.165) is 33.3 Å². The molecular formula is C28H20N2O3. The molecule has 3 aromatic carbocycles. The molecule has 2 heterocycles. The van der Waals surface area contributed by atoms with Crippen molar-refractivity contribution < 1.29 is 14.3 Å². The summed E-state index contributed by atoms with van der Waals surface area (Å²) in [6.45, 7) is 0.560. The highest BCUT2D eigenvalue weighted by molar-refractivity contribution is 6.06. The molecule has 1 aromatic heterocycles. The molecule has 0 fully saturated rings. The predicted octanol–water partition coefficient (Wildman–Crippen LogP) is 5.55. The second kappa shape index (κ2) is 8.52. The summed E-state index contributed by atoms with van der Waals surface area (Å²) in [4.78, 5) is 12.6. The molecule has 0 atom stereocenters. The van der Waals surface area contributed by atoms with Crippen LogP contribution in [0, 0.1) is 11.3 Å². The van der Waals surface area contributed by atoms with Crippen LogP contribution in [0.5, 0.6) is 5.75 Å². The van der Waals surface area contributed by atoms with Gasteiger partial charge in [0.25, 0.3) is 0 Å². The summed E-state index contributed by atoms with van der Waals surface area (Å²) >= 11 is 0. The largest absolute Gasteiger partial charge is 0.497 e. The molecule has 0 saturated heterocycles. The van der Waals surface area contributed by atoms with Crippen molar-refractivity contribution in [2.75, 3.05) is 7.11 Å². The molecule has 0 bridgehead atoms. The lowest BCUT2D eigenvalue weighted by atomic mass is 10.1. The van der Waals surface area contributed by atoms with Crippen LogP contribution in [0.1, 0.15) is 22.3 Å². The maximum absolute atomic E-state index is 12.6. The van der Waals surface area contributed by atoms with Crippen molar-refractivity contribution in [2.24, 2.45) is 0 Å². The number of fused-ring (bicyclic) bond motifs is 1. The van der Waals surface area contributed by atoms with Gasteiger partial charge in [0.05, 0.1) is 24.3 Å². The second-order valence-electron chi connectivity index (χ2n) is 7.72. The van der Waals surface area contributed by atoms with E-state index in [1.165, 1.54) is 0 Å². The normalized spacial score (nSPS) is 14.2. The number of nitrogens with zero attached hydrogens (tertiary/aromatic N) is 2. The SMILES string of the molecule is COc1ccc(C2=C/C(=C\c3cn(Cc4ccccc4C#N)c4ccccc34)C(=O)O2)cc1. The van der Waals surface area contributed by atoms with Gasteiger partial charge in [0.2, 0.25) is 0 Å². The van der Waals surface area contributed by atoms with Crippen molar-refractivity contribution in [3.05, 3.63) is 113 Å². The van der Waals surface area contributed by atoms with E-state index < -0.39 is 0 Å². The predicted molar refractivity (Wildman–Crippen MR) is 127 cm³/mol. The van der Waals surface area contributed by atoms with Gasteiger partial charge >= 0.3 is 5.97 Å². The molecule has 1 aliphatic rings. The van der Waals surface area contributed by atoms with E-state index in [-0.39, 0.29) is 5.97 Å². The van der Waals surface area contributed by atoms with E-state index in [2.05, 4.69) is 10.6 Å². The second-order valence-corrected chi connectivity index (χ2v) is 7.72. The number of cyclic esters (lactones) is 1. The molecule has 5 nitrogen and oxygen atoms in total. The number of para-hydroxylation sites is 1. The first-order chi connectivity index (χ1) is 16.2. The standard InChI is InChI=1S/C28H20N2O3/c1-32-24-12-10-19(11-13-24)27-15-22(28(31)33-27)14-23-18-30(26-9-5-4-8-25(23)26)17-21-7-3-2-6-20(21)16-29/h2-15,18H,17H2,1H3/b22-14+. The molecule has 1 aliphatic heterocycles. The fraction of sp³-hybridized carbons (Fsp3) is 0.0714. The first-order valence-electron chi connectivity index (χ1n) is 10.5. The van der Waals surface area contributed by atoms with Crippen molar-refractivity contribution in [3.63, 3.8) is 0 Å². The van der Waals surface area contributed by atoms with Gasteiger partial charge in [-0.3, -0.25) is 0 Å². The quantitative estimate of drug-likeness (QED) is 0.306. The maximum atomic E-state index is 12.6. The molecule has 5 rings (SSSR count). The number of hydrogen-bond acceptors (Lipinski definition) is 4. The third-order valence-corrected chi connectivity index (χ3v) is 5.71. The molecule has 0 saturated carbocycles. The number of esters is 1. The number of hydrogen-bond donors (Lipinski definition) is 0. The zero-order valence-corrected chi connectivity index (χ0v) is 18.0. The van der Waals surface area contributed by atoms with Gasteiger partial charge in [0.15, 0.2) is 0 Å².